The minimum absolute atomic E-state index is 0. The van der Waals surface area contributed by atoms with Gasteiger partial charge in [0.15, 0.2) is 0 Å². The van der Waals surface area contributed by atoms with E-state index in [-0.39, 0.29) is 36.4 Å². The Hall–Kier alpha value is -4.90. The number of furan rings is 1. The molecule has 0 bridgehead atoms. The summed E-state index contributed by atoms with van der Waals surface area (Å²) < 4.78 is 8.58. The number of fused-ring (bicyclic) bond motifs is 8. The van der Waals surface area contributed by atoms with Gasteiger partial charge < -0.3 is 14.0 Å². The van der Waals surface area contributed by atoms with Gasteiger partial charge in [0.05, 0.1) is 5.58 Å². The molecule has 4 aromatic heterocycles. The van der Waals surface area contributed by atoms with Gasteiger partial charge in [0, 0.05) is 54.3 Å². The quantitative estimate of drug-likeness (QED) is 0.166. The van der Waals surface area contributed by atoms with Crippen LogP contribution in [0.25, 0.3) is 61.2 Å². The Morgan fingerprint density at radius 3 is 2.34 bits per heavy atom. The average Bonchev–Trinajstić information content (AvgIpc) is 3.71. The molecule has 5 heterocycles. The van der Waals surface area contributed by atoms with E-state index in [9.17, 15) is 0 Å². The van der Waals surface area contributed by atoms with Crippen LogP contribution in [0.1, 0.15) is 71.0 Å². The van der Waals surface area contributed by atoms with Crippen LogP contribution in [0.5, 0.6) is 0 Å². The summed E-state index contributed by atoms with van der Waals surface area (Å²) in [6, 6.07) is 40.0. The fourth-order valence-electron chi connectivity index (χ4n) is 7.47. The number of nitrogens with zero attached hydrogens (tertiary/aromatic N) is 4. The van der Waals surface area contributed by atoms with Gasteiger partial charge in [-0.15, -0.1) is 24.3 Å². The van der Waals surface area contributed by atoms with Crippen molar-refractivity contribution in [1.29, 1.82) is 0 Å². The zero-order chi connectivity index (χ0) is 36.4. The van der Waals surface area contributed by atoms with Gasteiger partial charge in [-0.05, 0) is 64.3 Å². The first kappa shape index (κ1) is 36.5. The van der Waals surface area contributed by atoms with Crippen LogP contribution in [0.3, 0.4) is 0 Å². The smallest absolute Gasteiger partial charge is 0.140 e. The molecule has 0 atom stereocenters. The molecule has 0 saturated carbocycles. The maximum Gasteiger partial charge on any atom is 0.140 e. The minimum atomic E-state index is -0.0874. The van der Waals surface area contributed by atoms with Gasteiger partial charge in [0.1, 0.15) is 17.2 Å². The van der Waals surface area contributed by atoms with Crippen molar-refractivity contribution in [2.24, 2.45) is 5.41 Å². The third kappa shape index (κ3) is 6.32. The Bertz CT molecular complexity index is 2610. The molecule has 6 heteroatoms. The zero-order valence-corrected chi connectivity index (χ0v) is 34.0. The molecule has 8 aromatic rings. The van der Waals surface area contributed by atoms with Gasteiger partial charge in [0.2, 0.25) is 0 Å². The summed E-state index contributed by atoms with van der Waals surface area (Å²) in [7, 11) is 0. The molecular formula is C47H44IrN4O-2. The Morgan fingerprint density at radius 1 is 0.774 bits per heavy atom. The Balaban J connectivity index is 0.000000173. The molecule has 1 aliphatic rings. The number of rotatable bonds is 3. The molecule has 0 aliphatic carbocycles. The summed E-state index contributed by atoms with van der Waals surface area (Å²) in [5.74, 6) is 2.05. The van der Waals surface area contributed by atoms with Crippen LogP contribution in [-0.4, -0.2) is 19.5 Å². The third-order valence-corrected chi connectivity index (χ3v) is 11.0. The molecule has 0 amide bonds. The molecule has 0 fully saturated rings. The second kappa shape index (κ2) is 13.5. The van der Waals surface area contributed by atoms with E-state index in [0.29, 0.717) is 0 Å². The van der Waals surface area contributed by atoms with Gasteiger partial charge in [-0.25, -0.2) is 4.98 Å². The third-order valence-electron chi connectivity index (χ3n) is 11.0. The summed E-state index contributed by atoms with van der Waals surface area (Å²) in [6.07, 6.45) is 4.83. The maximum absolute atomic E-state index is 6.40. The monoisotopic (exact) mass is 873 g/mol. The van der Waals surface area contributed by atoms with Crippen molar-refractivity contribution in [3.05, 3.63) is 144 Å². The van der Waals surface area contributed by atoms with Crippen LogP contribution in [0.2, 0.25) is 0 Å². The van der Waals surface area contributed by atoms with E-state index < -0.39 is 0 Å². The number of benzene rings is 4. The fraction of sp³-hybridized carbons (Fsp3) is 0.255. The summed E-state index contributed by atoms with van der Waals surface area (Å²) >= 11 is 0. The zero-order valence-electron chi connectivity index (χ0n) is 31.6. The molecule has 9 rings (SSSR count). The van der Waals surface area contributed by atoms with Crippen molar-refractivity contribution < 1.29 is 24.5 Å². The van der Waals surface area contributed by atoms with Gasteiger partial charge in [-0.2, -0.15) is 18.2 Å². The molecule has 4 aromatic carbocycles. The molecule has 269 valence electrons. The van der Waals surface area contributed by atoms with Crippen molar-refractivity contribution in [2.45, 2.75) is 72.6 Å². The molecule has 0 spiro atoms. The summed E-state index contributed by atoms with van der Waals surface area (Å²) in [5.41, 5.74) is 11.8. The summed E-state index contributed by atoms with van der Waals surface area (Å²) in [5, 5.41) is 2.22. The first-order valence-corrected chi connectivity index (χ1v) is 18.1. The van der Waals surface area contributed by atoms with E-state index in [2.05, 4.69) is 138 Å². The van der Waals surface area contributed by atoms with E-state index in [1.165, 1.54) is 22.3 Å². The number of para-hydroxylation sites is 1. The number of aryl methyl sites for hydroxylation is 1. The number of hydrogen-bond donors (Lipinski definition) is 0. The minimum Gasteiger partial charge on any atom is -0.501 e. The number of aromatic nitrogens is 4. The first-order valence-electron chi connectivity index (χ1n) is 18.1. The maximum atomic E-state index is 6.40. The Morgan fingerprint density at radius 2 is 1.57 bits per heavy atom. The van der Waals surface area contributed by atoms with Crippen molar-refractivity contribution in [3.63, 3.8) is 0 Å². The SMILES string of the molecule is CC1(C)c2cccnc2-n2c(nc3ccc[c-]c32)C1(C)C.Cc1cnc(-c2[c-]ccc3c2oc2cc(-c4ccccc4)ccc23)cc1CC(C)(C)C.[Ir]. The molecule has 0 saturated heterocycles. The van der Waals surface area contributed by atoms with Crippen LogP contribution in [-0.2, 0) is 37.4 Å². The second-order valence-corrected chi connectivity index (χ2v) is 16.3. The Kier molecular flexibility index (Phi) is 9.29. The normalized spacial score (nSPS) is 14.3. The van der Waals surface area contributed by atoms with Crippen LogP contribution < -0.4 is 0 Å². The van der Waals surface area contributed by atoms with Gasteiger partial charge in [0.25, 0.3) is 0 Å². The van der Waals surface area contributed by atoms with E-state index >= 15 is 0 Å². The molecule has 1 aliphatic heterocycles. The summed E-state index contributed by atoms with van der Waals surface area (Å²) in [4.78, 5) is 14.3. The second-order valence-electron chi connectivity index (χ2n) is 16.3. The van der Waals surface area contributed by atoms with E-state index in [0.717, 1.165) is 67.9 Å². The van der Waals surface area contributed by atoms with Crippen molar-refractivity contribution in [2.75, 3.05) is 0 Å². The number of imidazole rings is 1. The molecule has 0 N–H and O–H groups in total. The van der Waals surface area contributed by atoms with E-state index in [4.69, 9.17) is 14.4 Å². The predicted octanol–water partition coefficient (Wildman–Crippen LogP) is 11.8. The van der Waals surface area contributed by atoms with Gasteiger partial charge in [-0.3, -0.25) is 4.98 Å². The molecule has 5 nitrogen and oxygen atoms in total. The van der Waals surface area contributed by atoms with Crippen LogP contribution in [0.15, 0.2) is 114 Å². The fourth-order valence-corrected chi connectivity index (χ4v) is 7.47. The first-order chi connectivity index (χ1) is 24.8. The van der Waals surface area contributed by atoms with Crippen molar-refractivity contribution in [3.8, 4) is 28.2 Å². The number of pyridine rings is 2. The van der Waals surface area contributed by atoms with Gasteiger partial charge in [-0.1, -0.05) is 120 Å². The average molecular weight is 873 g/mol. The van der Waals surface area contributed by atoms with Crippen molar-refractivity contribution in [1.82, 2.24) is 19.5 Å². The predicted molar refractivity (Wildman–Crippen MR) is 213 cm³/mol. The molecule has 53 heavy (non-hydrogen) atoms. The van der Waals surface area contributed by atoms with Crippen LogP contribution >= 0.6 is 0 Å². The van der Waals surface area contributed by atoms with Crippen LogP contribution in [0, 0.1) is 24.5 Å². The van der Waals surface area contributed by atoms with E-state index in [1.807, 2.05) is 48.8 Å². The van der Waals surface area contributed by atoms with E-state index in [1.54, 1.807) is 0 Å². The molecular weight excluding hydrogens is 829 g/mol. The molecule has 0 unspecified atom stereocenters. The van der Waals surface area contributed by atoms with Crippen molar-refractivity contribution >= 4 is 33.0 Å². The summed E-state index contributed by atoms with van der Waals surface area (Å²) in [6.45, 7) is 18.0. The van der Waals surface area contributed by atoms with Gasteiger partial charge >= 0.3 is 0 Å². The number of hydrogen-bond acceptors (Lipinski definition) is 4. The largest absolute Gasteiger partial charge is 0.501 e. The molecule has 1 radical (unpaired) electrons. The Labute approximate surface area is 325 Å². The van der Waals surface area contributed by atoms with Crippen LogP contribution in [0.4, 0.5) is 0 Å². The topological polar surface area (TPSA) is 56.7 Å². The standard InChI is InChI=1S/C29H26NO.C18H18N3.Ir/c1-19-18-30-26(15-22(19)17-29(2,3)4)25-12-8-11-24-23-14-13-21(16-27(23)31-28(24)25)20-9-6-5-7-10-20;1-17(2)12-8-7-11-19-15(12)21-14-10-6-5-9-13(14)20-16(21)18(17,3)4;/h5-11,13-16,18H,17H2,1-4H3;5-9,11H,1-4H3;/q2*-1;.